The Hall–Kier alpha value is -1.19. The minimum atomic E-state index is -2.65. The highest BCUT2D eigenvalue weighted by Crippen LogP contribution is 2.39. The van der Waals surface area contributed by atoms with Crippen molar-refractivity contribution in [1.82, 2.24) is 0 Å². The molecule has 1 unspecified atom stereocenters. The molecular weight excluding hydrogens is 202 g/mol. The lowest BCUT2D eigenvalue weighted by Crippen LogP contribution is -2.17. The maximum atomic E-state index is 12.9. The number of carbonyl (C=O) groups is 1. The first-order chi connectivity index (χ1) is 7.07. The molecule has 15 heavy (non-hydrogen) atoms. The summed E-state index contributed by atoms with van der Waals surface area (Å²) in [6.45, 7) is 0. The first-order valence-electron chi connectivity index (χ1n) is 5.00. The van der Waals surface area contributed by atoms with Crippen molar-refractivity contribution in [3.63, 3.8) is 0 Å². The Morgan fingerprint density at radius 1 is 1.60 bits per heavy atom. The van der Waals surface area contributed by atoms with Gasteiger partial charge in [-0.3, -0.25) is 4.79 Å². The summed E-state index contributed by atoms with van der Waals surface area (Å²) in [5.41, 5.74) is 0. The minimum Gasteiger partial charge on any atom is -0.469 e. The minimum absolute atomic E-state index is 0.133. The van der Waals surface area contributed by atoms with Gasteiger partial charge in [0.15, 0.2) is 0 Å². The molecule has 1 aromatic heterocycles. The van der Waals surface area contributed by atoms with E-state index in [2.05, 4.69) is 0 Å². The molecule has 1 fully saturated rings. The lowest BCUT2D eigenvalue weighted by atomic mass is 9.99. The predicted octanol–water partition coefficient (Wildman–Crippen LogP) is 2.83. The first-order valence-corrected chi connectivity index (χ1v) is 5.00. The van der Waals surface area contributed by atoms with E-state index in [4.69, 9.17) is 4.42 Å². The maximum absolute atomic E-state index is 12.9. The van der Waals surface area contributed by atoms with E-state index < -0.39 is 11.8 Å². The number of carbonyl (C=O) groups excluding carboxylic acids is 1. The number of alkyl halides is 2. The molecule has 0 amide bonds. The molecule has 0 bridgehead atoms. The van der Waals surface area contributed by atoms with E-state index >= 15 is 0 Å². The topological polar surface area (TPSA) is 30.2 Å². The van der Waals surface area contributed by atoms with Crippen LogP contribution in [-0.2, 0) is 11.2 Å². The molecule has 0 aromatic carbocycles. The second-order valence-electron chi connectivity index (χ2n) is 4.02. The molecule has 0 N–H and O–H groups in total. The molecular formula is C11H12F2O2. The Bertz CT molecular complexity index is 343. The Balaban J connectivity index is 1.93. The third kappa shape index (κ3) is 2.43. The van der Waals surface area contributed by atoms with E-state index in [1.54, 1.807) is 12.1 Å². The van der Waals surface area contributed by atoms with E-state index in [0.717, 1.165) is 0 Å². The molecule has 1 aromatic rings. The third-order valence-electron chi connectivity index (χ3n) is 2.79. The van der Waals surface area contributed by atoms with Gasteiger partial charge >= 0.3 is 0 Å². The van der Waals surface area contributed by atoms with Gasteiger partial charge in [-0.2, -0.15) is 0 Å². The summed E-state index contributed by atoms with van der Waals surface area (Å²) in [6.07, 6.45) is 1.44. The maximum Gasteiger partial charge on any atom is 0.248 e. The lowest BCUT2D eigenvalue weighted by Gasteiger charge is -2.08. The van der Waals surface area contributed by atoms with Crippen LogP contribution in [0.15, 0.2) is 22.8 Å². The van der Waals surface area contributed by atoms with Gasteiger partial charge in [-0.1, -0.05) is 0 Å². The van der Waals surface area contributed by atoms with Crippen LogP contribution in [0.3, 0.4) is 0 Å². The van der Waals surface area contributed by atoms with Gasteiger partial charge in [0.05, 0.1) is 12.7 Å². The number of Topliss-reactive ketones (excluding diaryl/α,β-unsaturated/α-hetero) is 1. The normalized spacial score (nSPS) is 24.3. The molecule has 4 heteroatoms. The highest BCUT2D eigenvalue weighted by molar-refractivity contribution is 5.83. The van der Waals surface area contributed by atoms with Gasteiger partial charge in [-0.25, -0.2) is 8.78 Å². The van der Waals surface area contributed by atoms with E-state index in [1.807, 2.05) is 0 Å². The highest BCUT2D eigenvalue weighted by Gasteiger charge is 2.42. The molecule has 0 spiro atoms. The summed E-state index contributed by atoms with van der Waals surface area (Å²) < 4.78 is 30.7. The Morgan fingerprint density at radius 3 is 2.93 bits per heavy atom. The molecule has 0 radical (unpaired) electrons. The Kier molecular flexibility index (Phi) is 2.59. The van der Waals surface area contributed by atoms with E-state index in [0.29, 0.717) is 12.2 Å². The second kappa shape index (κ2) is 3.76. The zero-order chi connectivity index (χ0) is 10.9. The fourth-order valence-corrected chi connectivity index (χ4v) is 1.95. The van der Waals surface area contributed by atoms with Crippen molar-refractivity contribution in [2.75, 3.05) is 0 Å². The number of halogens is 2. The molecule has 0 aliphatic heterocycles. The fraction of sp³-hybridized carbons (Fsp3) is 0.545. The predicted molar refractivity (Wildman–Crippen MR) is 49.7 cm³/mol. The van der Waals surface area contributed by atoms with Gasteiger partial charge in [0.25, 0.3) is 0 Å². The molecule has 2 nitrogen and oxygen atoms in total. The highest BCUT2D eigenvalue weighted by atomic mass is 19.3. The molecule has 82 valence electrons. The monoisotopic (exact) mass is 214 g/mol. The molecule has 1 saturated carbocycles. The van der Waals surface area contributed by atoms with Crippen LogP contribution in [0.25, 0.3) is 0 Å². The van der Waals surface area contributed by atoms with Crippen molar-refractivity contribution < 1.29 is 18.0 Å². The zero-order valence-corrected chi connectivity index (χ0v) is 8.21. The van der Waals surface area contributed by atoms with Gasteiger partial charge < -0.3 is 4.42 Å². The molecule has 1 atom stereocenters. The average molecular weight is 214 g/mol. The van der Waals surface area contributed by atoms with Crippen LogP contribution in [0.2, 0.25) is 0 Å². The van der Waals surface area contributed by atoms with Crippen molar-refractivity contribution in [3.05, 3.63) is 24.2 Å². The smallest absolute Gasteiger partial charge is 0.248 e. The molecule has 1 heterocycles. The number of furan rings is 1. The van der Waals surface area contributed by atoms with Gasteiger partial charge in [0.2, 0.25) is 5.92 Å². The van der Waals surface area contributed by atoms with Crippen molar-refractivity contribution in [2.45, 2.75) is 31.6 Å². The lowest BCUT2D eigenvalue weighted by molar-refractivity contribution is -0.123. The second-order valence-corrected chi connectivity index (χ2v) is 4.02. The van der Waals surface area contributed by atoms with Gasteiger partial charge in [0.1, 0.15) is 11.5 Å². The van der Waals surface area contributed by atoms with Crippen molar-refractivity contribution in [3.8, 4) is 0 Å². The first kappa shape index (κ1) is 10.3. The number of hydrogen-bond donors (Lipinski definition) is 0. The van der Waals surface area contributed by atoms with Crippen molar-refractivity contribution in [1.29, 1.82) is 0 Å². The van der Waals surface area contributed by atoms with Crippen molar-refractivity contribution in [2.24, 2.45) is 5.92 Å². The van der Waals surface area contributed by atoms with Crippen LogP contribution < -0.4 is 0 Å². The molecule has 2 rings (SSSR count). The summed E-state index contributed by atoms with van der Waals surface area (Å²) in [7, 11) is 0. The number of rotatable bonds is 3. The van der Waals surface area contributed by atoms with Crippen LogP contribution in [0, 0.1) is 5.92 Å². The van der Waals surface area contributed by atoms with Gasteiger partial charge in [-0.05, 0) is 18.6 Å². The Labute approximate surface area is 86.3 Å². The molecule has 0 saturated heterocycles. The molecule has 1 aliphatic rings. The van der Waals surface area contributed by atoms with E-state index in [9.17, 15) is 13.6 Å². The van der Waals surface area contributed by atoms with Crippen LogP contribution in [0.4, 0.5) is 8.78 Å². The number of hydrogen-bond acceptors (Lipinski definition) is 2. The van der Waals surface area contributed by atoms with E-state index in [1.165, 1.54) is 6.26 Å². The van der Waals surface area contributed by atoms with Gasteiger partial charge in [-0.15, -0.1) is 0 Å². The fourth-order valence-electron chi connectivity index (χ4n) is 1.95. The summed E-state index contributed by atoms with van der Waals surface area (Å²) in [6, 6.07) is 3.37. The van der Waals surface area contributed by atoms with Crippen LogP contribution in [0.5, 0.6) is 0 Å². The number of ketones is 1. The standard InChI is InChI=1S/C11H12F2O2/c12-11(13)4-3-8(7-11)10(14)6-9-2-1-5-15-9/h1-2,5,8H,3-4,6-7H2. The summed E-state index contributed by atoms with van der Waals surface area (Å²) in [4.78, 5) is 11.6. The summed E-state index contributed by atoms with van der Waals surface area (Å²) in [5, 5.41) is 0. The van der Waals surface area contributed by atoms with Gasteiger partial charge in [0, 0.05) is 18.8 Å². The van der Waals surface area contributed by atoms with Crippen LogP contribution >= 0.6 is 0 Å². The SMILES string of the molecule is O=C(Cc1ccco1)C1CCC(F)(F)C1. The largest absolute Gasteiger partial charge is 0.469 e. The average Bonchev–Trinajstić information content (AvgIpc) is 2.74. The van der Waals surface area contributed by atoms with E-state index in [-0.39, 0.29) is 25.0 Å². The summed E-state index contributed by atoms with van der Waals surface area (Å²) in [5.74, 6) is -2.73. The Morgan fingerprint density at radius 2 is 2.40 bits per heavy atom. The molecule has 1 aliphatic carbocycles. The quantitative estimate of drug-likeness (QED) is 0.774. The van der Waals surface area contributed by atoms with Crippen LogP contribution in [0.1, 0.15) is 25.0 Å². The third-order valence-corrected chi connectivity index (χ3v) is 2.79. The summed E-state index contributed by atoms with van der Waals surface area (Å²) >= 11 is 0. The van der Waals surface area contributed by atoms with Crippen LogP contribution in [-0.4, -0.2) is 11.7 Å². The van der Waals surface area contributed by atoms with Crippen molar-refractivity contribution >= 4 is 5.78 Å². The zero-order valence-electron chi connectivity index (χ0n) is 8.21.